The molecule has 3 heteroatoms. The monoisotopic (exact) mass is 237 g/mol. The summed E-state index contributed by atoms with van der Waals surface area (Å²) in [6, 6.07) is 8.46. The number of nitrogens with one attached hydrogen (secondary N) is 1. The van der Waals surface area contributed by atoms with E-state index in [-0.39, 0.29) is 0 Å². The zero-order valence-electron chi connectivity index (χ0n) is 10.9. The molecule has 1 N–H and O–H groups in total. The summed E-state index contributed by atoms with van der Waals surface area (Å²) in [5.74, 6) is 0. The predicted molar refractivity (Wildman–Crippen MR) is 70.2 cm³/mol. The van der Waals surface area contributed by atoms with Gasteiger partial charge in [-0.3, -0.25) is 0 Å². The van der Waals surface area contributed by atoms with Crippen molar-refractivity contribution in [3.63, 3.8) is 0 Å². The molecule has 0 heterocycles. The van der Waals surface area contributed by atoms with E-state index in [1.807, 2.05) is 7.05 Å². The van der Waals surface area contributed by atoms with Gasteiger partial charge in [0.2, 0.25) is 0 Å². The molecule has 0 saturated carbocycles. The Kier molecular flexibility index (Phi) is 7.63. The Balaban J connectivity index is 2.35. The van der Waals surface area contributed by atoms with Crippen molar-refractivity contribution in [2.75, 3.05) is 33.9 Å². The molecule has 0 bridgehead atoms. The summed E-state index contributed by atoms with van der Waals surface area (Å²) in [5, 5.41) is 3.17. The lowest BCUT2D eigenvalue weighted by Gasteiger charge is -2.10. The standard InChI is InChI=1S/C14H23NO2/c1-15-9-8-13-6-3-4-7-14(13)12-17-11-5-10-16-2/h3-4,6-7,15H,5,8-12H2,1-2H3. The zero-order valence-corrected chi connectivity index (χ0v) is 10.9. The van der Waals surface area contributed by atoms with Crippen LogP contribution in [0.5, 0.6) is 0 Å². The molecule has 0 spiro atoms. The molecule has 0 aliphatic heterocycles. The Bertz CT molecular complexity index is 302. The highest BCUT2D eigenvalue weighted by Crippen LogP contribution is 2.10. The average molecular weight is 237 g/mol. The third kappa shape index (κ3) is 5.82. The number of hydrogen-bond donors (Lipinski definition) is 1. The van der Waals surface area contributed by atoms with Crippen molar-refractivity contribution in [2.45, 2.75) is 19.4 Å². The molecule has 0 unspecified atom stereocenters. The van der Waals surface area contributed by atoms with Crippen LogP contribution < -0.4 is 5.32 Å². The molecular formula is C14H23NO2. The molecule has 0 amide bonds. The third-order valence-electron chi connectivity index (χ3n) is 2.66. The van der Waals surface area contributed by atoms with Crippen LogP contribution in [0.25, 0.3) is 0 Å². The predicted octanol–water partition coefficient (Wildman–Crippen LogP) is 2.00. The lowest BCUT2D eigenvalue weighted by molar-refractivity contribution is 0.0925. The van der Waals surface area contributed by atoms with Crippen LogP contribution in [0.3, 0.4) is 0 Å². The zero-order chi connectivity index (χ0) is 12.3. The second-order valence-electron chi connectivity index (χ2n) is 4.02. The van der Waals surface area contributed by atoms with E-state index in [9.17, 15) is 0 Å². The lowest BCUT2D eigenvalue weighted by atomic mass is 10.1. The Labute approximate surface area is 104 Å². The van der Waals surface area contributed by atoms with Crippen molar-refractivity contribution in [2.24, 2.45) is 0 Å². The number of likely N-dealkylation sites (N-methyl/N-ethyl adjacent to an activating group) is 1. The quantitative estimate of drug-likeness (QED) is 0.666. The van der Waals surface area contributed by atoms with Crippen LogP contribution in [-0.4, -0.2) is 33.9 Å². The maximum atomic E-state index is 5.64. The second-order valence-corrected chi connectivity index (χ2v) is 4.02. The van der Waals surface area contributed by atoms with E-state index in [1.54, 1.807) is 7.11 Å². The maximum Gasteiger partial charge on any atom is 0.0719 e. The molecule has 0 aliphatic carbocycles. The van der Waals surface area contributed by atoms with Crippen LogP contribution in [0, 0.1) is 0 Å². The number of methoxy groups -OCH3 is 1. The molecule has 0 aliphatic rings. The number of ether oxygens (including phenoxy) is 2. The number of rotatable bonds is 9. The first-order valence-corrected chi connectivity index (χ1v) is 6.16. The van der Waals surface area contributed by atoms with Crippen molar-refractivity contribution in [3.05, 3.63) is 35.4 Å². The van der Waals surface area contributed by atoms with Crippen molar-refractivity contribution >= 4 is 0 Å². The summed E-state index contributed by atoms with van der Waals surface area (Å²) in [5.41, 5.74) is 2.66. The van der Waals surface area contributed by atoms with Gasteiger partial charge >= 0.3 is 0 Å². The minimum atomic E-state index is 0.698. The van der Waals surface area contributed by atoms with E-state index in [4.69, 9.17) is 9.47 Å². The molecular weight excluding hydrogens is 214 g/mol. The van der Waals surface area contributed by atoms with E-state index in [0.717, 1.165) is 32.6 Å². The maximum absolute atomic E-state index is 5.64. The van der Waals surface area contributed by atoms with Gasteiger partial charge in [-0.05, 0) is 37.6 Å². The highest BCUT2D eigenvalue weighted by molar-refractivity contribution is 5.26. The average Bonchev–Trinajstić information content (AvgIpc) is 2.37. The summed E-state index contributed by atoms with van der Waals surface area (Å²) in [4.78, 5) is 0. The van der Waals surface area contributed by atoms with Gasteiger partial charge in [0.05, 0.1) is 6.61 Å². The molecule has 3 nitrogen and oxygen atoms in total. The van der Waals surface area contributed by atoms with Gasteiger partial charge in [0.1, 0.15) is 0 Å². The van der Waals surface area contributed by atoms with Crippen LogP contribution in [0.4, 0.5) is 0 Å². The molecule has 17 heavy (non-hydrogen) atoms. The van der Waals surface area contributed by atoms with E-state index in [1.165, 1.54) is 11.1 Å². The van der Waals surface area contributed by atoms with E-state index >= 15 is 0 Å². The number of benzene rings is 1. The van der Waals surface area contributed by atoms with Crippen LogP contribution >= 0.6 is 0 Å². The topological polar surface area (TPSA) is 30.5 Å². The summed E-state index contributed by atoms with van der Waals surface area (Å²) in [6.45, 7) is 3.22. The summed E-state index contributed by atoms with van der Waals surface area (Å²) >= 11 is 0. The molecule has 0 saturated heterocycles. The molecule has 0 atom stereocenters. The van der Waals surface area contributed by atoms with Gasteiger partial charge in [0.25, 0.3) is 0 Å². The van der Waals surface area contributed by atoms with E-state index in [0.29, 0.717) is 6.61 Å². The van der Waals surface area contributed by atoms with Gasteiger partial charge in [0.15, 0.2) is 0 Å². The van der Waals surface area contributed by atoms with Gasteiger partial charge in [-0.1, -0.05) is 24.3 Å². The second kappa shape index (κ2) is 9.16. The smallest absolute Gasteiger partial charge is 0.0719 e. The Morgan fingerprint density at radius 2 is 1.88 bits per heavy atom. The summed E-state index contributed by atoms with van der Waals surface area (Å²) in [6.07, 6.45) is 2.00. The molecule has 0 fully saturated rings. The molecule has 1 aromatic carbocycles. The van der Waals surface area contributed by atoms with Crippen molar-refractivity contribution < 1.29 is 9.47 Å². The first-order valence-electron chi connectivity index (χ1n) is 6.16. The fourth-order valence-electron chi connectivity index (χ4n) is 1.69. The first-order chi connectivity index (χ1) is 8.38. The van der Waals surface area contributed by atoms with Crippen LogP contribution in [-0.2, 0) is 22.5 Å². The van der Waals surface area contributed by atoms with Gasteiger partial charge in [0, 0.05) is 20.3 Å². The van der Waals surface area contributed by atoms with Crippen LogP contribution in [0.2, 0.25) is 0 Å². The van der Waals surface area contributed by atoms with Crippen molar-refractivity contribution in [1.82, 2.24) is 5.32 Å². The fraction of sp³-hybridized carbons (Fsp3) is 0.571. The minimum Gasteiger partial charge on any atom is -0.385 e. The highest BCUT2D eigenvalue weighted by atomic mass is 16.5. The van der Waals surface area contributed by atoms with E-state index < -0.39 is 0 Å². The van der Waals surface area contributed by atoms with Gasteiger partial charge in [-0.2, -0.15) is 0 Å². The fourth-order valence-corrected chi connectivity index (χ4v) is 1.69. The molecule has 0 aromatic heterocycles. The summed E-state index contributed by atoms with van der Waals surface area (Å²) in [7, 11) is 3.69. The van der Waals surface area contributed by atoms with Gasteiger partial charge < -0.3 is 14.8 Å². The third-order valence-corrected chi connectivity index (χ3v) is 2.66. The van der Waals surface area contributed by atoms with Gasteiger partial charge in [-0.15, -0.1) is 0 Å². The number of hydrogen-bond acceptors (Lipinski definition) is 3. The van der Waals surface area contributed by atoms with Crippen molar-refractivity contribution in [1.29, 1.82) is 0 Å². The molecule has 96 valence electrons. The van der Waals surface area contributed by atoms with Gasteiger partial charge in [-0.25, -0.2) is 0 Å². The SMILES string of the molecule is CNCCc1ccccc1COCCCOC. The molecule has 1 aromatic rings. The minimum absolute atomic E-state index is 0.698. The Morgan fingerprint density at radius 3 is 2.59 bits per heavy atom. The summed E-state index contributed by atoms with van der Waals surface area (Å²) < 4.78 is 10.6. The Morgan fingerprint density at radius 1 is 1.12 bits per heavy atom. The lowest BCUT2D eigenvalue weighted by Crippen LogP contribution is -2.12. The Hall–Kier alpha value is -0.900. The molecule has 0 radical (unpaired) electrons. The highest BCUT2D eigenvalue weighted by Gasteiger charge is 2.01. The normalized spacial score (nSPS) is 10.7. The van der Waals surface area contributed by atoms with Crippen LogP contribution in [0.1, 0.15) is 17.5 Å². The van der Waals surface area contributed by atoms with Crippen LogP contribution in [0.15, 0.2) is 24.3 Å². The van der Waals surface area contributed by atoms with E-state index in [2.05, 4.69) is 29.6 Å². The largest absolute Gasteiger partial charge is 0.385 e. The first kappa shape index (κ1) is 14.2. The molecule has 1 rings (SSSR count). The van der Waals surface area contributed by atoms with Crippen molar-refractivity contribution in [3.8, 4) is 0 Å².